The van der Waals surface area contributed by atoms with Gasteiger partial charge in [-0.2, -0.15) is 0 Å². The molecule has 0 fully saturated rings. The Morgan fingerprint density at radius 1 is 1.03 bits per heavy atom. The van der Waals surface area contributed by atoms with Crippen molar-refractivity contribution in [3.8, 4) is 5.75 Å². The van der Waals surface area contributed by atoms with Gasteiger partial charge in [0.05, 0.1) is 18.5 Å². The Morgan fingerprint density at radius 2 is 1.75 bits per heavy atom. The van der Waals surface area contributed by atoms with Gasteiger partial charge in [0, 0.05) is 23.9 Å². The van der Waals surface area contributed by atoms with Gasteiger partial charge in [-0.05, 0) is 36.8 Å². The van der Waals surface area contributed by atoms with Crippen molar-refractivity contribution in [3.63, 3.8) is 0 Å². The highest BCUT2D eigenvalue weighted by molar-refractivity contribution is 6.20. The number of urea groups is 1. The third-order valence-electron chi connectivity index (χ3n) is 5.34. The lowest BCUT2D eigenvalue weighted by Gasteiger charge is -2.21. The molecular weight excluding hydrogens is 404 g/mol. The molecule has 7 heteroatoms. The van der Waals surface area contributed by atoms with Crippen molar-refractivity contribution in [2.24, 2.45) is 4.99 Å². The number of benzene rings is 3. The van der Waals surface area contributed by atoms with E-state index in [9.17, 15) is 9.59 Å². The summed E-state index contributed by atoms with van der Waals surface area (Å²) in [6, 6.07) is 22.0. The van der Waals surface area contributed by atoms with Crippen LogP contribution in [0.3, 0.4) is 0 Å². The van der Waals surface area contributed by atoms with Crippen molar-refractivity contribution in [1.29, 1.82) is 0 Å². The molecule has 4 rings (SSSR count). The van der Waals surface area contributed by atoms with Crippen molar-refractivity contribution in [3.05, 3.63) is 89.5 Å². The third kappa shape index (κ3) is 4.18. The first-order valence-corrected chi connectivity index (χ1v) is 10.2. The van der Waals surface area contributed by atoms with Crippen LogP contribution in [-0.2, 0) is 4.79 Å². The molecular formula is C25H24N4O3. The third-order valence-corrected chi connectivity index (χ3v) is 5.34. The highest BCUT2D eigenvalue weighted by atomic mass is 16.5. The second-order valence-electron chi connectivity index (χ2n) is 7.44. The summed E-state index contributed by atoms with van der Waals surface area (Å²) in [6.45, 7) is 1.87. The molecule has 162 valence electrons. The fourth-order valence-corrected chi connectivity index (χ4v) is 3.63. The Hall–Kier alpha value is -4.13. The van der Waals surface area contributed by atoms with E-state index in [2.05, 4.69) is 15.6 Å². The van der Waals surface area contributed by atoms with E-state index in [-0.39, 0.29) is 5.91 Å². The molecule has 32 heavy (non-hydrogen) atoms. The average Bonchev–Trinajstić information content (AvgIpc) is 2.91. The molecule has 1 heterocycles. The largest absolute Gasteiger partial charge is 0.497 e. The van der Waals surface area contributed by atoms with Crippen LogP contribution >= 0.6 is 0 Å². The molecule has 0 aliphatic carbocycles. The van der Waals surface area contributed by atoms with E-state index in [4.69, 9.17) is 4.74 Å². The average molecular weight is 428 g/mol. The van der Waals surface area contributed by atoms with E-state index in [1.165, 1.54) is 4.90 Å². The molecule has 0 unspecified atom stereocenters. The number of benzodiazepines with no additional fused rings is 1. The molecule has 1 atom stereocenters. The zero-order valence-electron chi connectivity index (χ0n) is 18.1. The van der Waals surface area contributed by atoms with Gasteiger partial charge in [-0.1, -0.05) is 48.5 Å². The molecule has 2 N–H and O–H groups in total. The van der Waals surface area contributed by atoms with Crippen molar-refractivity contribution in [1.82, 2.24) is 5.32 Å². The number of ether oxygens (including phenoxy) is 1. The predicted molar refractivity (Wildman–Crippen MR) is 126 cm³/mol. The fourth-order valence-electron chi connectivity index (χ4n) is 3.63. The first-order chi connectivity index (χ1) is 15.5. The number of aryl methyl sites for hydroxylation is 1. The lowest BCUT2D eigenvalue weighted by Crippen LogP contribution is -2.47. The van der Waals surface area contributed by atoms with Gasteiger partial charge in [-0.3, -0.25) is 4.79 Å². The SMILES string of the molecule is COc1ccc(NC(=O)N[C@@H]2N=C(c3ccccc3)c3ccccc3N(C)C2=O)c(C)c1. The molecule has 0 radical (unpaired) electrons. The summed E-state index contributed by atoms with van der Waals surface area (Å²) in [5.41, 5.74) is 4.52. The van der Waals surface area contributed by atoms with Gasteiger partial charge >= 0.3 is 6.03 Å². The monoisotopic (exact) mass is 428 g/mol. The molecule has 1 aliphatic heterocycles. The van der Waals surface area contributed by atoms with Gasteiger partial charge in [-0.15, -0.1) is 0 Å². The lowest BCUT2D eigenvalue weighted by molar-refractivity contribution is -0.119. The first-order valence-electron chi connectivity index (χ1n) is 10.2. The summed E-state index contributed by atoms with van der Waals surface area (Å²) in [5, 5.41) is 5.51. The molecule has 0 aromatic heterocycles. The summed E-state index contributed by atoms with van der Waals surface area (Å²) >= 11 is 0. The number of hydrogen-bond donors (Lipinski definition) is 2. The predicted octanol–water partition coefficient (Wildman–Crippen LogP) is 3.97. The number of aliphatic imine (C=N–C) groups is 1. The van der Waals surface area contributed by atoms with Crippen LogP contribution in [0, 0.1) is 6.92 Å². The van der Waals surface area contributed by atoms with Crippen LogP contribution in [0.25, 0.3) is 0 Å². The standard InChI is InChI=1S/C25H24N4O3/c1-16-15-18(32-3)13-14-20(16)26-25(31)28-23-24(30)29(2)21-12-8-7-11-19(21)22(27-23)17-9-5-4-6-10-17/h4-15,23H,1-3H3,(H2,26,28,31)/t23-/m0/s1. The number of hydrogen-bond acceptors (Lipinski definition) is 4. The van der Waals surface area contributed by atoms with Crippen LogP contribution in [0.2, 0.25) is 0 Å². The van der Waals surface area contributed by atoms with Gasteiger partial charge in [0.2, 0.25) is 6.17 Å². The van der Waals surface area contributed by atoms with Gasteiger partial charge in [0.1, 0.15) is 5.75 Å². The number of anilines is 2. The van der Waals surface area contributed by atoms with Crippen LogP contribution in [0.1, 0.15) is 16.7 Å². The molecule has 0 bridgehead atoms. The molecule has 1 aliphatic rings. The Labute approximate surface area is 186 Å². The normalized spacial score (nSPS) is 15.3. The highest BCUT2D eigenvalue weighted by Gasteiger charge is 2.31. The zero-order valence-corrected chi connectivity index (χ0v) is 18.1. The van der Waals surface area contributed by atoms with Crippen LogP contribution < -0.4 is 20.3 Å². The number of carbonyl (C=O) groups excluding carboxylic acids is 2. The Balaban J connectivity index is 1.66. The van der Waals surface area contributed by atoms with E-state index in [1.807, 2.05) is 67.6 Å². The number of carbonyl (C=O) groups is 2. The topological polar surface area (TPSA) is 83.0 Å². The number of amides is 3. The van der Waals surface area contributed by atoms with Crippen LogP contribution in [0.5, 0.6) is 5.75 Å². The summed E-state index contributed by atoms with van der Waals surface area (Å²) in [6.07, 6.45) is -1.08. The van der Waals surface area contributed by atoms with Crippen molar-refractivity contribution >= 4 is 29.0 Å². The van der Waals surface area contributed by atoms with Crippen LogP contribution in [-0.4, -0.2) is 38.0 Å². The maximum Gasteiger partial charge on any atom is 0.321 e. The summed E-state index contributed by atoms with van der Waals surface area (Å²) in [7, 11) is 3.27. The first kappa shape index (κ1) is 21.1. The summed E-state index contributed by atoms with van der Waals surface area (Å²) < 4.78 is 5.20. The molecule has 0 spiro atoms. The number of rotatable bonds is 4. The molecule has 7 nitrogen and oxygen atoms in total. The quantitative estimate of drug-likeness (QED) is 0.660. The number of nitrogens with zero attached hydrogens (tertiary/aromatic N) is 2. The van der Waals surface area contributed by atoms with E-state index in [0.717, 1.165) is 22.4 Å². The van der Waals surface area contributed by atoms with Crippen molar-refractivity contribution in [2.75, 3.05) is 24.4 Å². The van der Waals surface area contributed by atoms with E-state index < -0.39 is 12.2 Å². The van der Waals surface area contributed by atoms with Crippen molar-refractivity contribution in [2.45, 2.75) is 13.1 Å². The molecule has 3 aromatic carbocycles. The van der Waals surface area contributed by atoms with Gasteiger partial charge in [0.15, 0.2) is 0 Å². The molecule has 0 saturated carbocycles. The Morgan fingerprint density at radius 3 is 2.47 bits per heavy atom. The number of fused-ring (bicyclic) bond motifs is 1. The van der Waals surface area contributed by atoms with Gasteiger partial charge in [-0.25, -0.2) is 9.79 Å². The Bertz CT molecular complexity index is 1190. The van der Waals surface area contributed by atoms with Crippen molar-refractivity contribution < 1.29 is 14.3 Å². The number of para-hydroxylation sites is 1. The summed E-state index contributed by atoms with van der Waals surface area (Å²) in [4.78, 5) is 32.2. The number of likely N-dealkylation sites (N-methyl/N-ethyl adjacent to an activating group) is 1. The molecule has 3 amide bonds. The zero-order chi connectivity index (χ0) is 22.7. The summed E-state index contributed by atoms with van der Waals surface area (Å²) in [5.74, 6) is 0.369. The fraction of sp³-hybridized carbons (Fsp3) is 0.160. The van der Waals surface area contributed by atoms with Crippen LogP contribution in [0.4, 0.5) is 16.2 Å². The molecule has 0 saturated heterocycles. The van der Waals surface area contributed by atoms with E-state index in [1.54, 1.807) is 26.3 Å². The Kier molecular flexibility index (Phi) is 5.89. The number of methoxy groups -OCH3 is 1. The second-order valence-corrected chi connectivity index (χ2v) is 7.44. The minimum Gasteiger partial charge on any atom is -0.497 e. The van der Waals surface area contributed by atoms with Gasteiger partial charge in [0.25, 0.3) is 5.91 Å². The van der Waals surface area contributed by atoms with Crippen LogP contribution in [0.15, 0.2) is 77.8 Å². The maximum absolute atomic E-state index is 13.2. The minimum absolute atomic E-state index is 0.329. The van der Waals surface area contributed by atoms with Gasteiger partial charge < -0.3 is 20.3 Å². The second kappa shape index (κ2) is 8.93. The highest BCUT2D eigenvalue weighted by Crippen LogP contribution is 2.27. The lowest BCUT2D eigenvalue weighted by atomic mass is 10.0. The smallest absolute Gasteiger partial charge is 0.321 e. The van der Waals surface area contributed by atoms with E-state index >= 15 is 0 Å². The maximum atomic E-state index is 13.2. The minimum atomic E-state index is -1.08. The molecule has 3 aromatic rings. The van der Waals surface area contributed by atoms with E-state index in [0.29, 0.717) is 17.1 Å². The number of nitrogens with one attached hydrogen (secondary N) is 2.